The number of Topliss-reactive ketones (excluding diaryl/α,β-unsaturated/α-hetero) is 1. The molecule has 1 aliphatic rings. The van der Waals surface area contributed by atoms with Crippen LogP contribution in [0.5, 0.6) is 5.75 Å². The molecule has 1 fully saturated rings. The molecule has 0 atom stereocenters. The predicted octanol–water partition coefficient (Wildman–Crippen LogP) is 4.33. The Morgan fingerprint density at radius 2 is 2.00 bits per heavy atom. The molecule has 1 heterocycles. The summed E-state index contributed by atoms with van der Waals surface area (Å²) in [6.07, 6.45) is 3.13. The van der Waals surface area contributed by atoms with Gasteiger partial charge in [-0.2, -0.15) is 0 Å². The molecule has 0 radical (unpaired) electrons. The Labute approximate surface area is 141 Å². The van der Waals surface area contributed by atoms with Gasteiger partial charge < -0.3 is 9.64 Å². The van der Waals surface area contributed by atoms with E-state index in [1.165, 1.54) is 12.8 Å². The molecule has 0 N–H and O–H groups in total. The van der Waals surface area contributed by atoms with Crippen LogP contribution in [0.4, 0.5) is 0 Å². The van der Waals surface area contributed by atoms with E-state index in [0.717, 1.165) is 42.4 Å². The first-order valence-corrected chi connectivity index (χ1v) is 8.94. The minimum absolute atomic E-state index is 0.238. The molecule has 0 amide bonds. The van der Waals surface area contributed by atoms with Gasteiger partial charge in [0.15, 0.2) is 5.78 Å². The Morgan fingerprint density at radius 3 is 2.61 bits per heavy atom. The molecule has 0 unspecified atom stereocenters. The lowest BCUT2D eigenvalue weighted by molar-refractivity contribution is 0.0952. The fourth-order valence-electron chi connectivity index (χ4n) is 2.93. The van der Waals surface area contributed by atoms with Crippen molar-refractivity contribution in [3.8, 4) is 5.75 Å². The molecule has 0 saturated carbocycles. The van der Waals surface area contributed by atoms with Crippen LogP contribution >= 0.6 is 0 Å². The molecular formula is C20H31NO2. The van der Waals surface area contributed by atoms with Crippen LogP contribution in [0.1, 0.15) is 56.0 Å². The summed E-state index contributed by atoms with van der Waals surface area (Å²) in [4.78, 5) is 14.8. The van der Waals surface area contributed by atoms with E-state index < -0.39 is 0 Å². The number of piperidine rings is 1. The zero-order valence-electron chi connectivity index (χ0n) is 15.1. The number of hydrogen-bond acceptors (Lipinski definition) is 3. The van der Waals surface area contributed by atoms with Crippen molar-refractivity contribution < 1.29 is 9.53 Å². The number of rotatable bonds is 7. The van der Waals surface area contributed by atoms with Crippen LogP contribution in [-0.2, 0) is 0 Å². The average molecular weight is 317 g/mol. The maximum Gasteiger partial charge on any atom is 0.164 e. The highest BCUT2D eigenvalue weighted by Gasteiger charge is 2.17. The molecule has 0 aliphatic carbocycles. The third kappa shape index (κ3) is 5.65. The standard InChI is InChI=1S/C20H31NO2/c1-15(2)14-23-20-6-5-18(13-17(20)4)19(22)9-12-21-10-7-16(3)8-11-21/h5-6,13,15-16H,7-12,14H2,1-4H3. The molecule has 2 rings (SSSR count). The average Bonchev–Trinajstić information content (AvgIpc) is 2.52. The summed E-state index contributed by atoms with van der Waals surface area (Å²) in [5.74, 6) is 2.47. The first-order valence-electron chi connectivity index (χ1n) is 8.94. The lowest BCUT2D eigenvalue weighted by Gasteiger charge is -2.29. The second-order valence-corrected chi connectivity index (χ2v) is 7.38. The number of benzene rings is 1. The molecule has 3 heteroatoms. The zero-order chi connectivity index (χ0) is 16.8. The minimum atomic E-state index is 0.238. The monoisotopic (exact) mass is 317 g/mol. The van der Waals surface area contributed by atoms with Crippen LogP contribution in [0.2, 0.25) is 0 Å². The molecule has 0 aromatic heterocycles. The number of aryl methyl sites for hydroxylation is 1. The number of carbonyl (C=O) groups excluding carboxylic acids is 1. The van der Waals surface area contributed by atoms with Crippen LogP contribution < -0.4 is 4.74 Å². The van der Waals surface area contributed by atoms with E-state index >= 15 is 0 Å². The number of likely N-dealkylation sites (tertiary alicyclic amines) is 1. The molecule has 23 heavy (non-hydrogen) atoms. The van der Waals surface area contributed by atoms with Gasteiger partial charge >= 0.3 is 0 Å². The molecule has 3 nitrogen and oxygen atoms in total. The van der Waals surface area contributed by atoms with Gasteiger partial charge in [0.25, 0.3) is 0 Å². The van der Waals surface area contributed by atoms with E-state index in [4.69, 9.17) is 4.74 Å². The van der Waals surface area contributed by atoms with E-state index in [2.05, 4.69) is 25.7 Å². The van der Waals surface area contributed by atoms with Crippen molar-refractivity contribution in [2.45, 2.75) is 47.0 Å². The molecule has 0 bridgehead atoms. The Hall–Kier alpha value is -1.35. The molecule has 1 aromatic carbocycles. The van der Waals surface area contributed by atoms with Gasteiger partial charge in [0.05, 0.1) is 6.61 Å². The highest BCUT2D eigenvalue weighted by molar-refractivity contribution is 5.96. The fourth-order valence-corrected chi connectivity index (χ4v) is 2.93. The number of hydrogen-bond donors (Lipinski definition) is 0. The summed E-state index contributed by atoms with van der Waals surface area (Å²) >= 11 is 0. The predicted molar refractivity (Wildman–Crippen MR) is 95.3 cm³/mol. The van der Waals surface area contributed by atoms with Crippen molar-refractivity contribution in [1.29, 1.82) is 0 Å². The van der Waals surface area contributed by atoms with Crippen LogP contribution in [-0.4, -0.2) is 36.9 Å². The first-order chi connectivity index (χ1) is 11.0. The number of carbonyl (C=O) groups is 1. The van der Waals surface area contributed by atoms with Crippen molar-refractivity contribution >= 4 is 5.78 Å². The number of ketones is 1. The highest BCUT2D eigenvalue weighted by Crippen LogP contribution is 2.21. The summed E-state index contributed by atoms with van der Waals surface area (Å²) in [6.45, 7) is 12.5. The number of ether oxygens (including phenoxy) is 1. The minimum Gasteiger partial charge on any atom is -0.493 e. The summed E-state index contributed by atoms with van der Waals surface area (Å²) in [7, 11) is 0. The van der Waals surface area contributed by atoms with Crippen molar-refractivity contribution in [2.24, 2.45) is 11.8 Å². The normalized spacial score (nSPS) is 16.7. The second kappa shape index (κ2) is 8.49. The third-order valence-electron chi connectivity index (χ3n) is 4.60. The van der Waals surface area contributed by atoms with Crippen molar-refractivity contribution in [1.82, 2.24) is 4.90 Å². The Kier molecular flexibility index (Phi) is 6.64. The van der Waals surface area contributed by atoms with Gasteiger partial charge in [-0.05, 0) is 68.5 Å². The van der Waals surface area contributed by atoms with Gasteiger partial charge in [0.2, 0.25) is 0 Å². The second-order valence-electron chi connectivity index (χ2n) is 7.38. The first kappa shape index (κ1) is 18.0. The van der Waals surface area contributed by atoms with Gasteiger partial charge in [0, 0.05) is 18.5 Å². The Balaban J connectivity index is 1.85. The quantitative estimate of drug-likeness (QED) is 0.701. The largest absolute Gasteiger partial charge is 0.493 e. The third-order valence-corrected chi connectivity index (χ3v) is 4.60. The van der Waals surface area contributed by atoms with E-state index in [1.54, 1.807) is 0 Å². The van der Waals surface area contributed by atoms with E-state index in [-0.39, 0.29) is 5.78 Å². The topological polar surface area (TPSA) is 29.5 Å². The SMILES string of the molecule is Cc1cc(C(=O)CCN2CCC(C)CC2)ccc1OCC(C)C. The van der Waals surface area contributed by atoms with Gasteiger partial charge in [-0.15, -0.1) is 0 Å². The summed E-state index contributed by atoms with van der Waals surface area (Å²) < 4.78 is 5.78. The summed E-state index contributed by atoms with van der Waals surface area (Å²) in [5, 5.41) is 0. The summed E-state index contributed by atoms with van der Waals surface area (Å²) in [5.41, 5.74) is 1.85. The van der Waals surface area contributed by atoms with Crippen LogP contribution in [0, 0.1) is 18.8 Å². The van der Waals surface area contributed by atoms with Crippen LogP contribution in [0.15, 0.2) is 18.2 Å². The molecular weight excluding hydrogens is 286 g/mol. The lowest BCUT2D eigenvalue weighted by Crippen LogP contribution is -2.34. The maximum atomic E-state index is 12.4. The summed E-state index contributed by atoms with van der Waals surface area (Å²) in [6, 6.07) is 5.81. The smallest absolute Gasteiger partial charge is 0.164 e. The van der Waals surface area contributed by atoms with Crippen LogP contribution in [0.25, 0.3) is 0 Å². The molecule has 1 saturated heterocycles. The zero-order valence-corrected chi connectivity index (χ0v) is 15.1. The molecule has 0 spiro atoms. The van der Waals surface area contributed by atoms with Crippen molar-refractivity contribution in [3.63, 3.8) is 0 Å². The van der Waals surface area contributed by atoms with E-state index in [9.17, 15) is 4.79 Å². The Bertz CT molecular complexity index is 516. The molecule has 1 aliphatic heterocycles. The van der Waals surface area contributed by atoms with Gasteiger partial charge in [-0.3, -0.25) is 4.79 Å². The Morgan fingerprint density at radius 1 is 1.30 bits per heavy atom. The van der Waals surface area contributed by atoms with Gasteiger partial charge in [-0.25, -0.2) is 0 Å². The van der Waals surface area contributed by atoms with Crippen LogP contribution in [0.3, 0.4) is 0 Å². The fraction of sp³-hybridized carbons (Fsp3) is 0.650. The van der Waals surface area contributed by atoms with Crippen molar-refractivity contribution in [2.75, 3.05) is 26.2 Å². The van der Waals surface area contributed by atoms with E-state index in [0.29, 0.717) is 18.9 Å². The lowest BCUT2D eigenvalue weighted by atomic mass is 9.98. The highest BCUT2D eigenvalue weighted by atomic mass is 16.5. The van der Waals surface area contributed by atoms with Gasteiger partial charge in [0.1, 0.15) is 5.75 Å². The molecule has 1 aromatic rings. The van der Waals surface area contributed by atoms with Gasteiger partial charge in [-0.1, -0.05) is 20.8 Å². The van der Waals surface area contributed by atoms with E-state index in [1.807, 2.05) is 25.1 Å². The molecule has 128 valence electrons. The maximum absolute atomic E-state index is 12.4. The van der Waals surface area contributed by atoms with Crippen molar-refractivity contribution in [3.05, 3.63) is 29.3 Å². The number of nitrogens with zero attached hydrogens (tertiary/aromatic N) is 1.